The molecule has 1 fully saturated rings. The topological polar surface area (TPSA) is 103 Å². The molecular weight excluding hydrogens is 408 g/mol. The van der Waals surface area contributed by atoms with Gasteiger partial charge in [0.25, 0.3) is 0 Å². The second-order valence-corrected chi connectivity index (χ2v) is 9.10. The molecule has 1 aliphatic rings. The summed E-state index contributed by atoms with van der Waals surface area (Å²) >= 11 is 0. The fourth-order valence-corrected chi connectivity index (χ4v) is 5.08. The van der Waals surface area contributed by atoms with Crippen LogP contribution in [0.3, 0.4) is 0 Å². The van der Waals surface area contributed by atoms with Gasteiger partial charge in [-0.2, -0.15) is 4.31 Å². The third kappa shape index (κ3) is 5.11. The van der Waals surface area contributed by atoms with E-state index >= 15 is 0 Å². The molecule has 1 amide bonds. The Balaban J connectivity index is 1.59. The van der Waals surface area contributed by atoms with Crippen molar-refractivity contribution in [3.05, 3.63) is 36.9 Å². The maximum Gasteiger partial charge on any atom is 0.243 e. The van der Waals surface area contributed by atoms with Gasteiger partial charge >= 0.3 is 0 Å². The highest BCUT2D eigenvalue weighted by atomic mass is 32.2. The minimum Gasteiger partial charge on any atom is -0.493 e. The molecule has 1 saturated heterocycles. The Morgan fingerprint density at radius 2 is 2.07 bits per heavy atom. The number of benzene rings is 1. The Hall–Kier alpha value is -2.59. The molecule has 9 nitrogen and oxygen atoms in total. The molecule has 3 rings (SSSR count). The zero-order valence-electron chi connectivity index (χ0n) is 17.3. The lowest BCUT2D eigenvalue weighted by atomic mass is 9.99. The predicted octanol–water partition coefficient (Wildman–Crippen LogP) is 1.51. The van der Waals surface area contributed by atoms with Crippen LogP contribution in [0.25, 0.3) is 0 Å². The predicted molar refractivity (Wildman–Crippen MR) is 111 cm³/mol. The van der Waals surface area contributed by atoms with Crippen LogP contribution in [-0.2, 0) is 21.4 Å². The first-order chi connectivity index (χ1) is 14.5. The summed E-state index contributed by atoms with van der Waals surface area (Å²) in [6.07, 6.45) is 7.42. The SMILES string of the molecule is COc1ccc(S(=O)(=O)N2CCC[C@H](C(=O)NCCCn3ccnc3)C2)cc1OC. The summed E-state index contributed by atoms with van der Waals surface area (Å²) in [5.41, 5.74) is 0. The summed E-state index contributed by atoms with van der Waals surface area (Å²) in [7, 11) is -0.777. The standard InChI is InChI=1S/C20H28N4O5S/c1-28-18-7-6-17(13-19(18)29-2)30(26,27)24-11-3-5-16(14-24)20(25)22-8-4-10-23-12-9-21-15-23/h6-7,9,12-13,15-16H,3-5,8,10-11,14H2,1-2H3,(H,22,25)/t16-/m0/s1. The number of hydrogen-bond acceptors (Lipinski definition) is 6. The lowest BCUT2D eigenvalue weighted by molar-refractivity contribution is -0.126. The van der Waals surface area contributed by atoms with Crippen LogP contribution in [0.15, 0.2) is 41.8 Å². The first kappa shape index (κ1) is 22.1. The van der Waals surface area contributed by atoms with Crippen LogP contribution in [0.4, 0.5) is 0 Å². The first-order valence-corrected chi connectivity index (χ1v) is 11.4. The number of nitrogens with zero attached hydrogens (tertiary/aromatic N) is 3. The Bertz CT molecular complexity index is 946. The van der Waals surface area contributed by atoms with Gasteiger partial charge in [0.1, 0.15) is 0 Å². The third-order valence-electron chi connectivity index (χ3n) is 5.20. The number of imidazole rings is 1. The number of aromatic nitrogens is 2. The van der Waals surface area contributed by atoms with Gasteiger partial charge in [0, 0.05) is 44.6 Å². The minimum absolute atomic E-state index is 0.104. The highest BCUT2D eigenvalue weighted by Crippen LogP contribution is 2.32. The van der Waals surface area contributed by atoms with E-state index in [9.17, 15) is 13.2 Å². The molecule has 1 atom stereocenters. The van der Waals surface area contributed by atoms with Gasteiger partial charge in [0.05, 0.1) is 31.4 Å². The van der Waals surface area contributed by atoms with E-state index in [0.717, 1.165) is 13.0 Å². The number of carbonyl (C=O) groups excluding carboxylic acids is 1. The molecule has 2 aromatic rings. The molecule has 0 radical (unpaired) electrons. The third-order valence-corrected chi connectivity index (χ3v) is 7.06. The monoisotopic (exact) mass is 436 g/mol. The zero-order chi connectivity index (χ0) is 21.6. The molecule has 0 unspecified atom stereocenters. The number of ether oxygens (including phenoxy) is 2. The molecule has 2 heterocycles. The van der Waals surface area contributed by atoms with Crippen molar-refractivity contribution in [2.75, 3.05) is 33.9 Å². The van der Waals surface area contributed by atoms with E-state index in [1.807, 2.05) is 10.8 Å². The van der Waals surface area contributed by atoms with Gasteiger partial charge in [-0.15, -0.1) is 0 Å². The van der Waals surface area contributed by atoms with Crippen LogP contribution in [0.2, 0.25) is 0 Å². The number of piperidine rings is 1. The average molecular weight is 437 g/mol. The molecule has 164 valence electrons. The molecular formula is C20H28N4O5S. The zero-order valence-corrected chi connectivity index (χ0v) is 18.1. The van der Waals surface area contributed by atoms with E-state index < -0.39 is 10.0 Å². The maximum atomic E-state index is 13.1. The quantitative estimate of drug-likeness (QED) is 0.598. The molecule has 0 saturated carbocycles. The molecule has 1 aromatic heterocycles. The number of carbonyl (C=O) groups is 1. The van der Waals surface area contributed by atoms with Crippen molar-refractivity contribution in [3.8, 4) is 11.5 Å². The molecule has 0 aliphatic carbocycles. The number of sulfonamides is 1. The second-order valence-electron chi connectivity index (χ2n) is 7.16. The summed E-state index contributed by atoms with van der Waals surface area (Å²) in [4.78, 5) is 16.7. The van der Waals surface area contributed by atoms with E-state index in [2.05, 4.69) is 10.3 Å². The van der Waals surface area contributed by atoms with E-state index in [1.54, 1.807) is 18.6 Å². The molecule has 0 bridgehead atoms. The van der Waals surface area contributed by atoms with Crippen molar-refractivity contribution >= 4 is 15.9 Å². The maximum absolute atomic E-state index is 13.1. The van der Waals surface area contributed by atoms with Gasteiger partial charge in [-0.1, -0.05) is 0 Å². The minimum atomic E-state index is -3.73. The summed E-state index contributed by atoms with van der Waals surface area (Å²) in [5.74, 6) is 0.348. The van der Waals surface area contributed by atoms with Crippen molar-refractivity contribution in [1.82, 2.24) is 19.2 Å². The van der Waals surface area contributed by atoms with Gasteiger partial charge in [0.2, 0.25) is 15.9 Å². The van der Waals surface area contributed by atoms with Crippen LogP contribution in [0.5, 0.6) is 11.5 Å². The molecule has 0 spiro atoms. The highest BCUT2D eigenvalue weighted by molar-refractivity contribution is 7.89. The summed E-state index contributed by atoms with van der Waals surface area (Å²) in [6.45, 7) is 1.87. The first-order valence-electron chi connectivity index (χ1n) is 9.91. The summed E-state index contributed by atoms with van der Waals surface area (Å²) < 4.78 is 39.9. The number of rotatable bonds is 9. The van der Waals surface area contributed by atoms with Crippen LogP contribution in [0, 0.1) is 5.92 Å². The Labute approximate surface area is 177 Å². The van der Waals surface area contributed by atoms with Crippen LogP contribution >= 0.6 is 0 Å². The van der Waals surface area contributed by atoms with Crippen molar-refractivity contribution in [3.63, 3.8) is 0 Å². The molecule has 1 aliphatic heterocycles. The van der Waals surface area contributed by atoms with Crippen LogP contribution in [0.1, 0.15) is 19.3 Å². The number of amides is 1. The second kappa shape index (κ2) is 9.94. The number of aryl methyl sites for hydroxylation is 1. The van der Waals surface area contributed by atoms with E-state index in [1.165, 1.54) is 30.7 Å². The van der Waals surface area contributed by atoms with Gasteiger partial charge in [-0.05, 0) is 31.4 Å². The Kier molecular flexibility index (Phi) is 7.33. The Morgan fingerprint density at radius 3 is 2.77 bits per heavy atom. The molecule has 1 N–H and O–H groups in total. The highest BCUT2D eigenvalue weighted by Gasteiger charge is 2.33. The van der Waals surface area contributed by atoms with Crippen molar-refractivity contribution in [2.45, 2.75) is 30.7 Å². The number of methoxy groups -OCH3 is 2. The van der Waals surface area contributed by atoms with E-state index in [4.69, 9.17) is 9.47 Å². The average Bonchev–Trinajstić information content (AvgIpc) is 3.29. The van der Waals surface area contributed by atoms with Crippen LogP contribution in [-0.4, -0.2) is 62.0 Å². The summed E-state index contributed by atoms with van der Waals surface area (Å²) in [6, 6.07) is 4.52. The smallest absolute Gasteiger partial charge is 0.243 e. The molecule has 30 heavy (non-hydrogen) atoms. The lowest BCUT2D eigenvalue weighted by Crippen LogP contribution is -2.45. The van der Waals surface area contributed by atoms with Crippen molar-refractivity contribution < 1.29 is 22.7 Å². The number of nitrogens with one attached hydrogen (secondary N) is 1. The van der Waals surface area contributed by atoms with Gasteiger partial charge in [0.15, 0.2) is 11.5 Å². The molecule has 10 heteroatoms. The molecule has 1 aromatic carbocycles. The Morgan fingerprint density at radius 1 is 1.27 bits per heavy atom. The van der Waals surface area contributed by atoms with Crippen molar-refractivity contribution in [1.29, 1.82) is 0 Å². The van der Waals surface area contributed by atoms with Gasteiger partial charge in [-0.3, -0.25) is 4.79 Å². The lowest BCUT2D eigenvalue weighted by Gasteiger charge is -2.31. The number of hydrogen-bond donors (Lipinski definition) is 1. The largest absolute Gasteiger partial charge is 0.493 e. The van der Waals surface area contributed by atoms with Crippen molar-refractivity contribution in [2.24, 2.45) is 5.92 Å². The fourth-order valence-electron chi connectivity index (χ4n) is 3.54. The van der Waals surface area contributed by atoms with Gasteiger partial charge < -0.3 is 19.4 Å². The van der Waals surface area contributed by atoms with E-state index in [0.29, 0.717) is 37.4 Å². The van der Waals surface area contributed by atoms with Crippen LogP contribution < -0.4 is 14.8 Å². The normalized spacial score (nSPS) is 17.5. The fraction of sp³-hybridized carbons (Fsp3) is 0.500. The van der Waals surface area contributed by atoms with E-state index in [-0.39, 0.29) is 23.3 Å². The van der Waals surface area contributed by atoms with Gasteiger partial charge in [-0.25, -0.2) is 13.4 Å². The summed E-state index contributed by atoms with van der Waals surface area (Å²) in [5, 5.41) is 2.93.